The van der Waals surface area contributed by atoms with Crippen LogP contribution in [0, 0.1) is 0 Å². The summed E-state index contributed by atoms with van der Waals surface area (Å²) >= 11 is 0. The summed E-state index contributed by atoms with van der Waals surface area (Å²) in [5.41, 5.74) is 1.08. The summed E-state index contributed by atoms with van der Waals surface area (Å²) in [4.78, 5) is 19.6. The number of hydrogen-bond donors (Lipinski definition) is 1. The van der Waals surface area contributed by atoms with Gasteiger partial charge in [-0.1, -0.05) is 0 Å². The number of halogens is 2. The van der Waals surface area contributed by atoms with Gasteiger partial charge in [0, 0.05) is 43.8 Å². The first-order valence-electron chi connectivity index (χ1n) is 8.48. The minimum Gasteiger partial charge on any atom is -0.497 e. The number of fused-ring (bicyclic) bond motifs is 1. The molecule has 27 heavy (non-hydrogen) atoms. The fraction of sp³-hybridized carbons (Fsp3) is 0.444. The highest BCUT2D eigenvalue weighted by molar-refractivity contribution is 6.06. The summed E-state index contributed by atoms with van der Waals surface area (Å²) in [6.07, 6.45) is -1.08. The maximum atomic E-state index is 12.6. The average Bonchev–Trinajstić information content (AvgIpc) is 2.66. The highest BCUT2D eigenvalue weighted by Crippen LogP contribution is 2.37. The van der Waals surface area contributed by atoms with E-state index >= 15 is 0 Å². The Balaban J connectivity index is 2.07. The lowest BCUT2D eigenvalue weighted by atomic mass is 10.1. The molecular formula is C18H21F2N3O4. The van der Waals surface area contributed by atoms with Crippen molar-refractivity contribution < 1.29 is 28.2 Å². The predicted octanol–water partition coefficient (Wildman–Crippen LogP) is 2.34. The molecule has 0 amide bonds. The molecule has 1 aliphatic rings. The third-order valence-corrected chi connectivity index (χ3v) is 4.65. The molecule has 2 aromatic rings. The highest BCUT2D eigenvalue weighted by atomic mass is 19.3. The summed E-state index contributed by atoms with van der Waals surface area (Å²) in [6.45, 7) is 1.44. The van der Waals surface area contributed by atoms with Crippen LogP contribution in [0.15, 0.2) is 18.3 Å². The van der Waals surface area contributed by atoms with Gasteiger partial charge in [-0.2, -0.15) is 0 Å². The number of aromatic carboxylic acids is 1. The average molecular weight is 381 g/mol. The second kappa shape index (κ2) is 7.91. The molecule has 146 valence electrons. The van der Waals surface area contributed by atoms with Gasteiger partial charge in [-0.3, -0.25) is 9.88 Å². The van der Waals surface area contributed by atoms with Gasteiger partial charge in [-0.25, -0.2) is 13.6 Å². The lowest BCUT2D eigenvalue weighted by Gasteiger charge is -2.37. The van der Waals surface area contributed by atoms with E-state index in [4.69, 9.17) is 9.47 Å². The molecule has 3 rings (SSSR count). The van der Waals surface area contributed by atoms with E-state index in [1.54, 1.807) is 17.0 Å². The number of piperazine rings is 1. The number of rotatable bonds is 6. The van der Waals surface area contributed by atoms with Crippen LogP contribution < -0.4 is 14.4 Å². The lowest BCUT2D eigenvalue weighted by molar-refractivity contribution is 0.0697. The van der Waals surface area contributed by atoms with Gasteiger partial charge >= 0.3 is 5.97 Å². The number of carbonyl (C=O) groups is 1. The Labute approximate surface area is 155 Å². The van der Waals surface area contributed by atoms with E-state index in [1.165, 1.54) is 20.4 Å². The van der Waals surface area contributed by atoms with Crippen LogP contribution in [-0.2, 0) is 0 Å². The molecule has 1 saturated heterocycles. The number of nitrogens with zero attached hydrogens (tertiary/aromatic N) is 3. The molecule has 7 nitrogen and oxygen atoms in total. The number of methoxy groups -OCH3 is 2. The number of hydrogen-bond acceptors (Lipinski definition) is 6. The molecular weight excluding hydrogens is 360 g/mol. The summed E-state index contributed by atoms with van der Waals surface area (Å²) in [5, 5.41) is 10.2. The molecule has 9 heteroatoms. The zero-order valence-corrected chi connectivity index (χ0v) is 15.1. The number of alkyl halides is 2. The topological polar surface area (TPSA) is 75.1 Å². The van der Waals surface area contributed by atoms with E-state index in [2.05, 4.69) is 4.98 Å². The third-order valence-electron chi connectivity index (χ3n) is 4.65. The minimum absolute atomic E-state index is 0.0557. The van der Waals surface area contributed by atoms with Gasteiger partial charge in [0.15, 0.2) is 0 Å². The number of benzene rings is 1. The molecule has 1 aromatic heterocycles. The number of pyridine rings is 1. The van der Waals surface area contributed by atoms with E-state index in [1.807, 2.05) is 4.90 Å². The second-order valence-electron chi connectivity index (χ2n) is 6.23. The first-order valence-corrected chi connectivity index (χ1v) is 8.48. The Hall–Kier alpha value is -2.68. The van der Waals surface area contributed by atoms with Crippen LogP contribution in [0.5, 0.6) is 11.5 Å². The molecule has 1 aliphatic heterocycles. The number of ether oxygens (including phenoxy) is 2. The quantitative estimate of drug-likeness (QED) is 0.823. The Morgan fingerprint density at radius 2 is 1.93 bits per heavy atom. The van der Waals surface area contributed by atoms with Crippen LogP contribution in [-0.4, -0.2) is 74.3 Å². The normalized spacial score (nSPS) is 15.4. The van der Waals surface area contributed by atoms with E-state index in [0.29, 0.717) is 54.3 Å². The minimum atomic E-state index is -2.39. The van der Waals surface area contributed by atoms with E-state index in [-0.39, 0.29) is 12.1 Å². The van der Waals surface area contributed by atoms with Gasteiger partial charge in [0.25, 0.3) is 6.43 Å². The molecule has 0 aliphatic carbocycles. The van der Waals surface area contributed by atoms with Crippen molar-refractivity contribution in [2.45, 2.75) is 6.43 Å². The van der Waals surface area contributed by atoms with Crippen LogP contribution in [0.3, 0.4) is 0 Å². The Morgan fingerprint density at radius 3 is 2.48 bits per heavy atom. The van der Waals surface area contributed by atoms with E-state index < -0.39 is 12.4 Å². The van der Waals surface area contributed by atoms with E-state index in [9.17, 15) is 18.7 Å². The molecule has 0 unspecified atom stereocenters. The van der Waals surface area contributed by atoms with Gasteiger partial charge in [0.1, 0.15) is 22.6 Å². The van der Waals surface area contributed by atoms with Crippen molar-refractivity contribution in [2.75, 3.05) is 51.8 Å². The molecule has 1 aromatic carbocycles. The molecule has 0 spiro atoms. The van der Waals surface area contributed by atoms with Crippen LogP contribution in [0.25, 0.3) is 10.9 Å². The summed E-state index contributed by atoms with van der Waals surface area (Å²) < 4.78 is 35.9. The molecule has 0 saturated carbocycles. The summed E-state index contributed by atoms with van der Waals surface area (Å²) in [7, 11) is 3.02. The third kappa shape index (κ3) is 3.87. The molecule has 0 bridgehead atoms. The largest absolute Gasteiger partial charge is 0.497 e. The Morgan fingerprint density at radius 1 is 1.22 bits per heavy atom. The first-order chi connectivity index (χ1) is 12.9. The van der Waals surface area contributed by atoms with Gasteiger partial charge in [0.05, 0.1) is 26.5 Å². The SMILES string of the molecule is COc1cc(OC)c2ncc(C(=O)O)c(N3CCN(CC(F)F)CC3)c2c1. The molecule has 0 atom stereocenters. The monoisotopic (exact) mass is 381 g/mol. The van der Waals surface area contributed by atoms with Gasteiger partial charge in [-0.05, 0) is 6.07 Å². The maximum Gasteiger partial charge on any atom is 0.339 e. The van der Waals surface area contributed by atoms with Crippen molar-refractivity contribution in [3.8, 4) is 11.5 Å². The predicted molar refractivity (Wildman–Crippen MR) is 96.5 cm³/mol. The first kappa shape index (κ1) is 19.1. The lowest BCUT2D eigenvalue weighted by Crippen LogP contribution is -2.48. The number of aromatic nitrogens is 1. The van der Waals surface area contributed by atoms with Crippen molar-refractivity contribution >= 4 is 22.6 Å². The molecule has 2 heterocycles. The number of anilines is 1. The van der Waals surface area contributed by atoms with Crippen molar-refractivity contribution in [1.29, 1.82) is 0 Å². The second-order valence-corrected chi connectivity index (χ2v) is 6.23. The van der Waals surface area contributed by atoms with Crippen molar-refractivity contribution in [1.82, 2.24) is 9.88 Å². The fourth-order valence-electron chi connectivity index (χ4n) is 3.35. The van der Waals surface area contributed by atoms with Crippen LogP contribution >= 0.6 is 0 Å². The molecule has 1 fully saturated rings. The molecule has 1 N–H and O–H groups in total. The number of carboxylic acids is 1. The van der Waals surface area contributed by atoms with Crippen molar-refractivity contribution in [2.24, 2.45) is 0 Å². The van der Waals surface area contributed by atoms with E-state index in [0.717, 1.165) is 0 Å². The van der Waals surface area contributed by atoms with Gasteiger partial charge in [0.2, 0.25) is 0 Å². The fourth-order valence-corrected chi connectivity index (χ4v) is 3.35. The Kier molecular flexibility index (Phi) is 5.59. The zero-order valence-electron chi connectivity index (χ0n) is 15.1. The summed E-state index contributed by atoms with van der Waals surface area (Å²) in [5.74, 6) is -0.114. The van der Waals surface area contributed by atoms with Crippen LogP contribution in [0.4, 0.5) is 14.5 Å². The van der Waals surface area contributed by atoms with Gasteiger partial charge in [-0.15, -0.1) is 0 Å². The van der Waals surface area contributed by atoms with Gasteiger partial charge < -0.3 is 19.5 Å². The maximum absolute atomic E-state index is 12.6. The smallest absolute Gasteiger partial charge is 0.339 e. The summed E-state index contributed by atoms with van der Waals surface area (Å²) in [6, 6.07) is 3.40. The Bertz CT molecular complexity index is 839. The highest BCUT2D eigenvalue weighted by Gasteiger charge is 2.26. The molecule has 0 radical (unpaired) electrons. The van der Waals surface area contributed by atoms with Crippen molar-refractivity contribution in [3.63, 3.8) is 0 Å². The standard InChI is InChI=1S/C18H21F2N3O4/c1-26-11-7-12-16(14(8-11)27-2)21-9-13(18(24)25)17(12)23-5-3-22(4-6-23)10-15(19)20/h7-9,15H,3-6,10H2,1-2H3,(H,24,25). The number of carboxylic acid groups (broad SMARTS) is 1. The van der Waals surface area contributed by atoms with Crippen LogP contribution in [0.2, 0.25) is 0 Å². The van der Waals surface area contributed by atoms with Crippen LogP contribution in [0.1, 0.15) is 10.4 Å². The zero-order chi connectivity index (χ0) is 19.6. The van der Waals surface area contributed by atoms with Crippen molar-refractivity contribution in [3.05, 3.63) is 23.9 Å².